The van der Waals surface area contributed by atoms with E-state index in [9.17, 15) is 4.79 Å². The molecule has 0 fully saturated rings. The number of benzene rings is 1. The van der Waals surface area contributed by atoms with Gasteiger partial charge in [-0.1, -0.05) is 41.6 Å². The average molecular weight is 258 g/mol. The first-order valence-corrected chi connectivity index (χ1v) is 5.79. The topological polar surface area (TPSA) is 29.5 Å². The van der Waals surface area contributed by atoms with Crippen molar-refractivity contribution in [3.05, 3.63) is 40.8 Å². The minimum absolute atomic E-state index is 0.272. The summed E-state index contributed by atoms with van der Waals surface area (Å²) in [6, 6.07) is 9.53. The Morgan fingerprint density at radius 3 is 2.56 bits per heavy atom. The number of thioether (sulfide) groups is 1. The molecule has 86 valence electrons. The molecule has 5 heteroatoms. The maximum atomic E-state index is 11.7. The zero-order chi connectivity index (χ0) is 12.0. The highest BCUT2D eigenvalue weighted by Crippen LogP contribution is 2.27. The van der Waals surface area contributed by atoms with E-state index in [-0.39, 0.29) is 5.91 Å². The van der Waals surface area contributed by atoms with Gasteiger partial charge in [0.2, 0.25) is 0 Å². The lowest BCUT2D eigenvalue weighted by molar-refractivity contribution is -0.163. The fourth-order valence-electron chi connectivity index (χ4n) is 0.966. The van der Waals surface area contributed by atoms with E-state index in [0.29, 0.717) is 4.91 Å². The molecule has 1 amide bonds. The molecule has 0 spiro atoms. The van der Waals surface area contributed by atoms with Crippen LogP contribution in [0.1, 0.15) is 0 Å². The molecule has 16 heavy (non-hydrogen) atoms. The second-order valence-electron chi connectivity index (χ2n) is 2.87. The van der Waals surface area contributed by atoms with E-state index in [1.54, 1.807) is 0 Å². The summed E-state index contributed by atoms with van der Waals surface area (Å²) in [5.74, 6) is -0.272. The van der Waals surface area contributed by atoms with Crippen LogP contribution in [0.5, 0.6) is 0 Å². The lowest BCUT2D eigenvalue weighted by Crippen LogP contribution is -2.25. The summed E-state index contributed by atoms with van der Waals surface area (Å²) < 4.78 is 0. The van der Waals surface area contributed by atoms with Gasteiger partial charge in [-0.05, 0) is 12.1 Å². The van der Waals surface area contributed by atoms with Gasteiger partial charge in [-0.25, -0.2) is 5.06 Å². The number of carbonyl (C=O) groups is 1. The van der Waals surface area contributed by atoms with Gasteiger partial charge in [0.15, 0.2) is 0 Å². The Bertz CT molecular complexity index is 381. The van der Waals surface area contributed by atoms with E-state index >= 15 is 0 Å². The van der Waals surface area contributed by atoms with Crippen molar-refractivity contribution < 1.29 is 9.63 Å². The average Bonchev–Trinajstić information content (AvgIpc) is 2.35. The number of hydrogen-bond donors (Lipinski definition) is 0. The van der Waals surface area contributed by atoms with Gasteiger partial charge in [0.25, 0.3) is 5.91 Å². The molecule has 0 N–H and O–H groups in total. The van der Waals surface area contributed by atoms with E-state index in [4.69, 9.17) is 16.4 Å². The maximum Gasteiger partial charge on any atom is 0.284 e. The summed E-state index contributed by atoms with van der Waals surface area (Å²) in [6.07, 6.45) is 0. The second-order valence-corrected chi connectivity index (χ2v) is 4.21. The van der Waals surface area contributed by atoms with Gasteiger partial charge < -0.3 is 0 Å². The van der Waals surface area contributed by atoms with E-state index in [1.165, 1.54) is 31.5 Å². The fraction of sp³-hybridized carbons (Fsp3) is 0.182. The standard InChI is InChI=1S/C11H12ClNO2S/c1-13(15-2)11(14)10(8-12)16-9-6-4-3-5-7-9/h3-8H,1-2H3. The maximum absolute atomic E-state index is 11.7. The molecule has 0 aliphatic rings. The number of likely N-dealkylation sites (N-methyl/N-ethyl adjacent to an activating group) is 1. The first-order chi connectivity index (χ1) is 7.69. The first-order valence-electron chi connectivity index (χ1n) is 4.54. The van der Waals surface area contributed by atoms with Crippen LogP contribution < -0.4 is 0 Å². The minimum Gasteiger partial charge on any atom is -0.274 e. The van der Waals surface area contributed by atoms with Crippen LogP contribution in [0.3, 0.4) is 0 Å². The number of hydrogen-bond acceptors (Lipinski definition) is 3. The quantitative estimate of drug-likeness (QED) is 0.472. The van der Waals surface area contributed by atoms with Crippen LogP contribution in [0.4, 0.5) is 0 Å². The van der Waals surface area contributed by atoms with Crippen molar-refractivity contribution in [3.8, 4) is 0 Å². The van der Waals surface area contributed by atoms with Gasteiger partial charge in [0.1, 0.15) is 0 Å². The summed E-state index contributed by atoms with van der Waals surface area (Å²) in [5, 5.41) is 1.13. The van der Waals surface area contributed by atoms with Crippen molar-refractivity contribution in [2.45, 2.75) is 4.90 Å². The van der Waals surface area contributed by atoms with Crippen molar-refractivity contribution in [1.82, 2.24) is 5.06 Å². The molecule has 3 nitrogen and oxygen atoms in total. The summed E-state index contributed by atoms with van der Waals surface area (Å²) >= 11 is 6.93. The van der Waals surface area contributed by atoms with Crippen molar-refractivity contribution in [3.63, 3.8) is 0 Å². The predicted octanol–water partition coefficient (Wildman–Crippen LogP) is 2.88. The number of amides is 1. The second kappa shape index (κ2) is 6.58. The van der Waals surface area contributed by atoms with Crippen molar-refractivity contribution in [1.29, 1.82) is 0 Å². The zero-order valence-electron chi connectivity index (χ0n) is 9.01. The fourth-order valence-corrected chi connectivity index (χ4v) is 2.00. The van der Waals surface area contributed by atoms with E-state index < -0.39 is 0 Å². The van der Waals surface area contributed by atoms with Crippen molar-refractivity contribution in [2.75, 3.05) is 14.2 Å². The third kappa shape index (κ3) is 3.56. The lowest BCUT2D eigenvalue weighted by atomic mass is 10.4. The lowest BCUT2D eigenvalue weighted by Gasteiger charge is -2.14. The van der Waals surface area contributed by atoms with Crippen LogP contribution in [0.2, 0.25) is 0 Å². The molecular formula is C11H12ClNO2S. The van der Waals surface area contributed by atoms with Crippen LogP contribution in [0, 0.1) is 0 Å². The monoisotopic (exact) mass is 257 g/mol. The molecule has 0 aromatic heterocycles. The molecule has 0 bridgehead atoms. The molecule has 0 heterocycles. The van der Waals surface area contributed by atoms with Gasteiger partial charge in [0.05, 0.1) is 12.0 Å². The highest BCUT2D eigenvalue weighted by atomic mass is 35.5. The number of halogens is 1. The number of carbonyl (C=O) groups excluding carboxylic acids is 1. The third-order valence-corrected chi connectivity index (χ3v) is 3.21. The zero-order valence-corrected chi connectivity index (χ0v) is 10.6. The molecule has 1 rings (SSSR count). The van der Waals surface area contributed by atoms with Gasteiger partial charge >= 0.3 is 0 Å². The molecule has 0 aliphatic carbocycles. The van der Waals surface area contributed by atoms with Gasteiger partial charge in [-0.2, -0.15) is 0 Å². The normalized spacial score (nSPS) is 11.3. The Hall–Kier alpha value is -0.970. The van der Waals surface area contributed by atoms with Crippen molar-refractivity contribution in [2.24, 2.45) is 0 Å². The summed E-state index contributed by atoms with van der Waals surface area (Å²) in [4.78, 5) is 17.9. The van der Waals surface area contributed by atoms with Crippen LogP contribution in [-0.4, -0.2) is 25.1 Å². The molecule has 0 saturated heterocycles. The molecule has 0 aliphatic heterocycles. The van der Waals surface area contributed by atoms with Crippen molar-refractivity contribution >= 4 is 29.3 Å². The molecular weight excluding hydrogens is 246 g/mol. The van der Waals surface area contributed by atoms with E-state index in [2.05, 4.69) is 0 Å². The van der Waals surface area contributed by atoms with Gasteiger partial charge in [-0.3, -0.25) is 9.63 Å². The Labute approximate surface area is 104 Å². The molecule has 0 saturated carbocycles. The largest absolute Gasteiger partial charge is 0.284 e. The first kappa shape index (κ1) is 13.1. The summed E-state index contributed by atoms with van der Waals surface area (Å²) in [5.41, 5.74) is 1.26. The smallest absolute Gasteiger partial charge is 0.274 e. The molecule has 1 aromatic rings. The predicted molar refractivity (Wildman–Crippen MR) is 66.0 cm³/mol. The summed E-state index contributed by atoms with van der Waals surface area (Å²) in [6.45, 7) is 0. The van der Waals surface area contributed by atoms with Crippen LogP contribution in [-0.2, 0) is 9.63 Å². The Balaban J connectivity index is 2.75. The molecule has 0 atom stereocenters. The van der Waals surface area contributed by atoms with Gasteiger partial charge in [0, 0.05) is 17.5 Å². The van der Waals surface area contributed by atoms with Crippen LogP contribution in [0.15, 0.2) is 45.7 Å². The highest BCUT2D eigenvalue weighted by Gasteiger charge is 2.15. The Morgan fingerprint density at radius 2 is 2.06 bits per heavy atom. The minimum atomic E-state index is -0.272. The summed E-state index contributed by atoms with van der Waals surface area (Å²) in [7, 11) is 2.96. The molecule has 0 radical (unpaired) electrons. The van der Waals surface area contributed by atoms with E-state index in [0.717, 1.165) is 9.96 Å². The third-order valence-electron chi connectivity index (χ3n) is 1.84. The highest BCUT2D eigenvalue weighted by molar-refractivity contribution is 8.04. The van der Waals surface area contributed by atoms with Crippen LogP contribution in [0.25, 0.3) is 0 Å². The van der Waals surface area contributed by atoms with E-state index in [1.807, 2.05) is 30.3 Å². The number of hydroxylamine groups is 2. The Kier molecular flexibility index (Phi) is 5.38. The van der Waals surface area contributed by atoms with Gasteiger partial charge in [-0.15, -0.1) is 0 Å². The van der Waals surface area contributed by atoms with Crippen LogP contribution >= 0.6 is 23.4 Å². The molecule has 0 unspecified atom stereocenters. The Morgan fingerprint density at radius 1 is 1.44 bits per heavy atom. The number of rotatable bonds is 4. The molecule has 1 aromatic carbocycles. The SMILES string of the molecule is CON(C)C(=O)C(=CCl)Sc1ccccc1. The number of nitrogens with zero attached hydrogens (tertiary/aromatic N) is 1.